The number of rotatable bonds is 9. The molecule has 0 aromatic heterocycles. The second-order valence-corrected chi connectivity index (χ2v) is 8.47. The maximum atomic E-state index is 13.8. The van der Waals surface area contributed by atoms with Crippen LogP contribution in [-0.2, 0) is 0 Å². The third kappa shape index (κ3) is 5.42. The lowest BCUT2D eigenvalue weighted by Crippen LogP contribution is -2.41. The van der Waals surface area contributed by atoms with Crippen molar-refractivity contribution in [3.8, 4) is 0 Å². The van der Waals surface area contributed by atoms with Crippen LogP contribution in [0.15, 0.2) is 25.3 Å². The highest BCUT2D eigenvalue weighted by atomic mass is 19.1. The molecule has 0 nitrogen and oxygen atoms in total. The van der Waals surface area contributed by atoms with E-state index in [0.29, 0.717) is 5.92 Å². The van der Waals surface area contributed by atoms with E-state index in [9.17, 15) is 4.39 Å². The molecule has 0 radical (unpaired) electrons. The fourth-order valence-corrected chi connectivity index (χ4v) is 3.90. The highest BCUT2D eigenvalue weighted by Crippen LogP contribution is 2.49. The summed E-state index contributed by atoms with van der Waals surface area (Å²) in [5.41, 5.74) is -0.0585. The SMILES string of the molecule is C=CC(C)CC(C)(C)C(CF)C(C)(C)CC(C)(C)C=C. The lowest BCUT2D eigenvalue weighted by Gasteiger charge is -2.46. The molecule has 118 valence electrons. The van der Waals surface area contributed by atoms with Crippen molar-refractivity contribution < 1.29 is 4.39 Å². The minimum atomic E-state index is -0.267. The Bertz CT molecular complexity index is 323. The second kappa shape index (κ2) is 6.91. The van der Waals surface area contributed by atoms with Gasteiger partial charge >= 0.3 is 0 Å². The molecule has 0 spiro atoms. The summed E-state index contributed by atoms with van der Waals surface area (Å²) in [5.74, 6) is 0.457. The lowest BCUT2D eigenvalue weighted by molar-refractivity contribution is 0.0139. The first-order valence-corrected chi connectivity index (χ1v) is 7.74. The minimum Gasteiger partial charge on any atom is -0.251 e. The zero-order chi connectivity index (χ0) is 16.2. The Kier molecular flexibility index (Phi) is 6.71. The van der Waals surface area contributed by atoms with Crippen molar-refractivity contribution in [2.75, 3.05) is 6.67 Å². The molecule has 0 bridgehead atoms. The molecular formula is C19H35F. The first-order valence-electron chi connectivity index (χ1n) is 7.74. The van der Waals surface area contributed by atoms with E-state index >= 15 is 0 Å². The third-order valence-corrected chi connectivity index (χ3v) is 4.76. The van der Waals surface area contributed by atoms with Crippen molar-refractivity contribution in [3.05, 3.63) is 25.3 Å². The largest absolute Gasteiger partial charge is 0.251 e. The Morgan fingerprint density at radius 3 is 1.85 bits per heavy atom. The van der Waals surface area contributed by atoms with Gasteiger partial charge < -0.3 is 0 Å². The van der Waals surface area contributed by atoms with Crippen LogP contribution in [-0.4, -0.2) is 6.67 Å². The smallest absolute Gasteiger partial charge is 0.0932 e. The summed E-state index contributed by atoms with van der Waals surface area (Å²) in [4.78, 5) is 0. The molecule has 0 aliphatic heterocycles. The average Bonchev–Trinajstić information content (AvgIpc) is 2.26. The van der Waals surface area contributed by atoms with Crippen LogP contribution < -0.4 is 0 Å². The van der Waals surface area contributed by atoms with Crippen molar-refractivity contribution >= 4 is 0 Å². The molecule has 0 amide bonds. The first-order chi connectivity index (χ1) is 8.91. The molecule has 0 aliphatic carbocycles. The van der Waals surface area contributed by atoms with Crippen LogP contribution in [0.5, 0.6) is 0 Å². The predicted molar refractivity (Wildman–Crippen MR) is 89.6 cm³/mol. The van der Waals surface area contributed by atoms with Crippen molar-refractivity contribution in [1.29, 1.82) is 0 Å². The number of hydrogen-bond acceptors (Lipinski definition) is 0. The number of hydrogen-bond donors (Lipinski definition) is 0. The molecule has 2 atom stereocenters. The van der Waals surface area contributed by atoms with E-state index in [0.717, 1.165) is 12.8 Å². The summed E-state index contributed by atoms with van der Waals surface area (Å²) in [6.45, 7) is 22.8. The fourth-order valence-electron chi connectivity index (χ4n) is 3.90. The molecule has 0 aliphatic rings. The Morgan fingerprint density at radius 2 is 1.50 bits per heavy atom. The quantitative estimate of drug-likeness (QED) is 0.427. The van der Waals surface area contributed by atoms with E-state index < -0.39 is 0 Å². The third-order valence-electron chi connectivity index (χ3n) is 4.76. The van der Waals surface area contributed by atoms with Crippen LogP contribution in [0.25, 0.3) is 0 Å². The standard InChI is InChI=1S/C19H35F/c1-10-15(3)12-18(6,7)16(13-20)19(8,9)14-17(4,5)11-2/h10-11,15-16H,1-2,12-14H2,3-9H3. The monoisotopic (exact) mass is 282 g/mol. The van der Waals surface area contributed by atoms with Gasteiger partial charge in [-0.1, -0.05) is 60.6 Å². The summed E-state index contributed by atoms with van der Waals surface area (Å²) < 4.78 is 13.8. The summed E-state index contributed by atoms with van der Waals surface area (Å²) in [6, 6.07) is 0. The van der Waals surface area contributed by atoms with Gasteiger partial charge in [0.05, 0.1) is 6.67 Å². The lowest BCUT2D eigenvalue weighted by atomic mass is 9.59. The van der Waals surface area contributed by atoms with Gasteiger partial charge in [-0.3, -0.25) is 4.39 Å². The minimum absolute atomic E-state index is 0.0385. The van der Waals surface area contributed by atoms with Gasteiger partial charge in [0.1, 0.15) is 0 Å². The van der Waals surface area contributed by atoms with E-state index in [-0.39, 0.29) is 28.8 Å². The molecule has 0 heterocycles. The summed E-state index contributed by atoms with van der Waals surface area (Å²) in [7, 11) is 0. The zero-order valence-electron chi connectivity index (χ0n) is 14.7. The van der Waals surface area contributed by atoms with Crippen LogP contribution in [0.3, 0.4) is 0 Å². The van der Waals surface area contributed by atoms with Gasteiger partial charge in [-0.25, -0.2) is 0 Å². The van der Waals surface area contributed by atoms with Gasteiger partial charge in [-0.2, -0.15) is 0 Å². The number of allylic oxidation sites excluding steroid dienone is 2. The predicted octanol–water partition coefficient (Wildman–Crippen LogP) is 6.44. The molecule has 0 saturated carbocycles. The van der Waals surface area contributed by atoms with Crippen molar-refractivity contribution in [3.63, 3.8) is 0 Å². The Labute approximate surface area is 126 Å². The summed E-state index contributed by atoms with van der Waals surface area (Å²) >= 11 is 0. The molecule has 0 fully saturated rings. The summed E-state index contributed by atoms with van der Waals surface area (Å²) in [6.07, 6.45) is 5.88. The Morgan fingerprint density at radius 1 is 1.00 bits per heavy atom. The van der Waals surface area contributed by atoms with Gasteiger partial charge in [-0.05, 0) is 40.9 Å². The zero-order valence-corrected chi connectivity index (χ0v) is 14.7. The van der Waals surface area contributed by atoms with E-state index in [2.05, 4.69) is 61.6 Å². The molecule has 0 N–H and O–H groups in total. The van der Waals surface area contributed by atoms with Gasteiger partial charge in [0.2, 0.25) is 0 Å². The fraction of sp³-hybridized carbons (Fsp3) is 0.789. The van der Waals surface area contributed by atoms with Crippen LogP contribution in [0, 0.1) is 28.1 Å². The molecule has 0 rings (SSSR count). The molecule has 20 heavy (non-hydrogen) atoms. The van der Waals surface area contributed by atoms with Crippen molar-refractivity contribution in [2.45, 2.75) is 61.3 Å². The average molecular weight is 282 g/mol. The van der Waals surface area contributed by atoms with E-state index in [1.54, 1.807) is 0 Å². The number of halogens is 1. The highest BCUT2D eigenvalue weighted by Gasteiger charge is 2.42. The molecule has 2 unspecified atom stereocenters. The van der Waals surface area contributed by atoms with Crippen LogP contribution >= 0.6 is 0 Å². The van der Waals surface area contributed by atoms with Crippen molar-refractivity contribution in [1.82, 2.24) is 0 Å². The van der Waals surface area contributed by atoms with Crippen LogP contribution in [0.1, 0.15) is 61.3 Å². The van der Waals surface area contributed by atoms with Crippen LogP contribution in [0.4, 0.5) is 4.39 Å². The highest BCUT2D eigenvalue weighted by molar-refractivity contribution is 4.97. The Balaban J connectivity index is 5.22. The molecule has 0 aromatic rings. The maximum absolute atomic E-state index is 13.8. The number of alkyl halides is 1. The van der Waals surface area contributed by atoms with E-state index in [4.69, 9.17) is 0 Å². The van der Waals surface area contributed by atoms with Crippen molar-refractivity contribution in [2.24, 2.45) is 28.1 Å². The van der Waals surface area contributed by atoms with Gasteiger partial charge in [-0.15, -0.1) is 13.2 Å². The topological polar surface area (TPSA) is 0 Å². The van der Waals surface area contributed by atoms with Crippen LogP contribution in [0.2, 0.25) is 0 Å². The van der Waals surface area contributed by atoms with Gasteiger partial charge in [0, 0.05) is 0 Å². The van der Waals surface area contributed by atoms with E-state index in [1.165, 1.54) is 0 Å². The molecule has 1 heteroatoms. The Hall–Kier alpha value is -0.590. The summed E-state index contributed by atoms with van der Waals surface area (Å²) in [5, 5.41) is 0. The first kappa shape index (κ1) is 19.4. The second-order valence-electron chi connectivity index (χ2n) is 8.47. The van der Waals surface area contributed by atoms with Gasteiger partial charge in [0.25, 0.3) is 0 Å². The molecule has 0 aromatic carbocycles. The van der Waals surface area contributed by atoms with E-state index in [1.807, 2.05) is 12.2 Å². The maximum Gasteiger partial charge on any atom is 0.0932 e. The normalized spacial score (nSPS) is 16.6. The molecule has 0 saturated heterocycles. The van der Waals surface area contributed by atoms with Gasteiger partial charge in [0.15, 0.2) is 0 Å². The molecular weight excluding hydrogens is 247 g/mol.